The van der Waals surface area contributed by atoms with E-state index in [0.29, 0.717) is 18.8 Å². The molecule has 1 aromatic heterocycles. The molecule has 31 heavy (non-hydrogen) atoms. The fraction of sp³-hybridized carbons (Fsp3) is 0.471. The molecular formula is C17H20F3N5O4S2. The lowest BCUT2D eigenvalue weighted by Crippen LogP contribution is -2.40. The predicted molar refractivity (Wildman–Crippen MR) is 106 cm³/mol. The van der Waals surface area contributed by atoms with Gasteiger partial charge in [0.1, 0.15) is 0 Å². The van der Waals surface area contributed by atoms with Gasteiger partial charge in [-0.05, 0) is 24.6 Å². The van der Waals surface area contributed by atoms with Gasteiger partial charge in [-0.25, -0.2) is 8.42 Å². The number of rotatable bonds is 6. The largest absolute Gasteiger partial charge is 0.451 e. The fourth-order valence-electron chi connectivity index (χ4n) is 2.90. The van der Waals surface area contributed by atoms with Gasteiger partial charge >= 0.3 is 6.18 Å². The van der Waals surface area contributed by atoms with Crippen molar-refractivity contribution in [1.29, 1.82) is 0 Å². The van der Waals surface area contributed by atoms with Crippen LogP contribution in [0.5, 0.6) is 0 Å². The molecule has 1 N–H and O–H groups in total. The lowest BCUT2D eigenvalue weighted by molar-refractivity contribution is -0.147. The molecule has 1 aliphatic rings. The number of carbonyl (C=O) groups excluding carboxylic acids is 1. The van der Waals surface area contributed by atoms with Crippen molar-refractivity contribution >= 4 is 33.4 Å². The van der Waals surface area contributed by atoms with Gasteiger partial charge in [0.15, 0.2) is 5.16 Å². The summed E-state index contributed by atoms with van der Waals surface area (Å²) in [5, 5.41) is 9.05. The standard InChI is InChI=1S/C17H20F3N5O4S2/c1-11-3-4-12(9-13(11)31(27,28)25-5-7-29-8-6-25)21-14(26)10-30-16-23-22-15(24(16)2)17(18,19)20/h3-4,9H,5-8,10H2,1-2H3,(H,21,26). The zero-order valence-corrected chi connectivity index (χ0v) is 18.3. The first-order valence-electron chi connectivity index (χ1n) is 9.08. The Kier molecular flexibility index (Phi) is 6.93. The van der Waals surface area contributed by atoms with Crippen molar-refractivity contribution in [1.82, 2.24) is 19.1 Å². The number of hydrogen-bond donors (Lipinski definition) is 1. The number of anilines is 1. The molecule has 0 saturated carbocycles. The second-order valence-corrected chi connectivity index (χ2v) is 9.55. The first-order valence-corrected chi connectivity index (χ1v) is 11.5. The molecule has 0 aliphatic carbocycles. The van der Waals surface area contributed by atoms with E-state index in [1.807, 2.05) is 0 Å². The number of amides is 1. The number of halogens is 3. The maximum absolute atomic E-state index is 12.9. The molecular weight excluding hydrogens is 459 g/mol. The quantitative estimate of drug-likeness (QED) is 0.631. The summed E-state index contributed by atoms with van der Waals surface area (Å²) >= 11 is 0.784. The number of alkyl halides is 3. The van der Waals surface area contributed by atoms with Gasteiger partial charge in [0, 0.05) is 25.8 Å². The summed E-state index contributed by atoms with van der Waals surface area (Å²) in [4.78, 5) is 12.3. The molecule has 3 rings (SSSR count). The summed E-state index contributed by atoms with van der Waals surface area (Å²) in [5.74, 6) is -1.92. The van der Waals surface area contributed by atoms with Crippen LogP contribution in [0.3, 0.4) is 0 Å². The predicted octanol–water partition coefficient (Wildman–Crippen LogP) is 1.89. The molecule has 0 unspecified atom stereocenters. The van der Waals surface area contributed by atoms with Crippen molar-refractivity contribution in [2.45, 2.75) is 23.2 Å². The summed E-state index contributed by atoms with van der Waals surface area (Å²) in [5.41, 5.74) is 0.787. The molecule has 1 saturated heterocycles. The monoisotopic (exact) mass is 479 g/mol. The summed E-state index contributed by atoms with van der Waals surface area (Å²) in [6.07, 6.45) is -4.65. The molecule has 2 aromatic rings. The Balaban J connectivity index is 1.68. The van der Waals surface area contributed by atoms with Crippen LogP contribution in [0.1, 0.15) is 11.4 Å². The summed E-state index contributed by atoms with van der Waals surface area (Å²) in [6, 6.07) is 4.50. The number of nitrogens with zero attached hydrogens (tertiary/aromatic N) is 4. The normalized spacial score (nSPS) is 15.8. The highest BCUT2D eigenvalue weighted by Gasteiger charge is 2.37. The van der Waals surface area contributed by atoms with Gasteiger partial charge in [-0.1, -0.05) is 17.8 Å². The number of aryl methyl sites for hydroxylation is 1. The second-order valence-electron chi connectivity index (χ2n) is 6.70. The number of carbonyl (C=O) groups is 1. The van der Waals surface area contributed by atoms with E-state index in [1.54, 1.807) is 19.1 Å². The third-order valence-corrected chi connectivity index (χ3v) is 7.54. The lowest BCUT2D eigenvalue weighted by Gasteiger charge is -2.26. The van der Waals surface area contributed by atoms with Crippen molar-refractivity contribution in [2.24, 2.45) is 7.05 Å². The SMILES string of the molecule is Cc1ccc(NC(=O)CSc2nnc(C(F)(F)F)n2C)cc1S(=O)(=O)N1CCOCC1. The number of hydrogen-bond acceptors (Lipinski definition) is 7. The number of aromatic nitrogens is 3. The van der Waals surface area contributed by atoms with Gasteiger partial charge < -0.3 is 14.6 Å². The van der Waals surface area contributed by atoms with Gasteiger partial charge in [-0.2, -0.15) is 17.5 Å². The minimum atomic E-state index is -4.65. The number of morpholine rings is 1. The number of ether oxygens (including phenoxy) is 1. The number of nitrogens with one attached hydrogen (secondary N) is 1. The lowest BCUT2D eigenvalue weighted by atomic mass is 10.2. The van der Waals surface area contributed by atoms with Crippen molar-refractivity contribution in [3.8, 4) is 0 Å². The van der Waals surface area contributed by atoms with Gasteiger partial charge in [0.25, 0.3) is 0 Å². The Hall–Kier alpha value is -2.16. The Morgan fingerprint density at radius 2 is 1.94 bits per heavy atom. The average Bonchev–Trinajstić information content (AvgIpc) is 3.09. The maximum atomic E-state index is 12.9. The van der Waals surface area contributed by atoms with E-state index >= 15 is 0 Å². The molecule has 14 heteroatoms. The van der Waals surface area contributed by atoms with Crippen LogP contribution in [0.2, 0.25) is 0 Å². The van der Waals surface area contributed by atoms with Gasteiger partial charge in [0.05, 0.1) is 23.9 Å². The van der Waals surface area contributed by atoms with Gasteiger partial charge in [-0.15, -0.1) is 10.2 Å². The Morgan fingerprint density at radius 3 is 2.55 bits per heavy atom. The first-order chi connectivity index (χ1) is 14.5. The fourth-order valence-corrected chi connectivity index (χ4v) is 5.27. The van der Waals surface area contributed by atoms with Gasteiger partial charge in [-0.3, -0.25) is 4.79 Å². The van der Waals surface area contributed by atoms with E-state index < -0.39 is 27.9 Å². The van der Waals surface area contributed by atoms with Crippen molar-refractivity contribution < 1.29 is 31.1 Å². The molecule has 9 nitrogen and oxygen atoms in total. The first kappa shape index (κ1) is 23.5. The highest BCUT2D eigenvalue weighted by Crippen LogP contribution is 2.30. The molecule has 1 aliphatic heterocycles. The number of benzene rings is 1. The van der Waals surface area contributed by atoms with Crippen molar-refractivity contribution in [2.75, 3.05) is 37.4 Å². The molecule has 1 aromatic carbocycles. The molecule has 2 heterocycles. The second kappa shape index (κ2) is 9.14. The summed E-state index contributed by atoms with van der Waals surface area (Å²) in [6.45, 7) is 2.76. The van der Waals surface area contributed by atoms with E-state index in [2.05, 4.69) is 15.5 Å². The van der Waals surface area contributed by atoms with Crippen molar-refractivity contribution in [3.63, 3.8) is 0 Å². The van der Waals surface area contributed by atoms with Gasteiger partial charge in [0.2, 0.25) is 21.8 Å². The molecule has 0 bridgehead atoms. The van der Waals surface area contributed by atoms with Crippen LogP contribution in [0.15, 0.2) is 28.3 Å². The van der Waals surface area contributed by atoms with Crippen molar-refractivity contribution in [3.05, 3.63) is 29.6 Å². The van der Waals surface area contributed by atoms with Crippen LogP contribution in [-0.2, 0) is 32.8 Å². The molecule has 0 radical (unpaired) electrons. The van der Waals surface area contributed by atoms with Crippen LogP contribution in [0.4, 0.5) is 18.9 Å². The Bertz CT molecular complexity index is 1070. The van der Waals surface area contributed by atoms with Crippen LogP contribution in [0, 0.1) is 6.92 Å². The average molecular weight is 480 g/mol. The van der Waals surface area contributed by atoms with E-state index in [4.69, 9.17) is 4.74 Å². The number of sulfonamides is 1. The van der Waals surface area contributed by atoms with E-state index in [-0.39, 0.29) is 34.6 Å². The van der Waals surface area contributed by atoms with E-state index in [0.717, 1.165) is 23.4 Å². The van der Waals surface area contributed by atoms with Crippen LogP contribution >= 0.6 is 11.8 Å². The van der Waals surface area contributed by atoms with E-state index in [9.17, 15) is 26.4 Å². The van der Waals surface area contributed by atoms with E-state index in [1.165, 1.54) is 10.4 Å². The summed E-state index contributed by atoms with van der Waals surface area (Å²) < 4.78 is 71.5. The molecule has 1 fully saturated rings. The third-order valence-electron chi connectivity index (χ3n) is 4.48. The minimum Gasteiger partial charge on any atom is -0.379 e. The third kappa shape index (κ3) is 5.37. The van der Waals surface area contributed by atoms with Crippen LogP contribution in [-0.4, -0.2) is 65.5 Å². The minimum absolute atomic E-state index is 0.0676. The Labute approximate surface area is 181 Å². The highest BCUT2D eigenvalue weighted by molar-refractivity contribution is 7.99. The number of thioether (sulfide) groups is 1. The maximum Gasteiger partial charge on any atom is 0.451 e. The zero-order valence-electron chi connectivity index (χ0n) is 16.6. The Morgan fingerprint density at radius 1 is 1.26 bits per heavy atom. The molecule has 170 valence electrons. The highest BCUT2D eigenvalue weighted by atomic mass is 32.2. The topological polar surface area (TPSA) is 106 Å². The van der Waals surface area contributed by atoms with Crippen LogP contribution in [0.25, 0.3) is 0 Å². The molecule has 0 spiro atoms. The summed E-state index contributed by atoms with van der Waals surface area (Å²) in [7, 11) is -2.60. The zero-order chi connectivity index (χ0) is 22.8. The smallest absolute Gasteiger partial charge is 0.379 e. The molecule has 1 amide bonds. The van der Waals surface area contributed by atoms with Crippen LogP contribution < -0.4 is 5.32 Å². The molecule has 0 atom stereocenters.